The molecule has 0 bridgehead atoms. The highest BCUT2D eigenvalue weighted by Gasteiger charge is 2.27. The van der Waals surface area contributed by atoms with E-state index < -0.39 is 23.7 Å². The number of amides is 1. The largest absolute Gasteiger partial charge is 0.496 e. The second-order valence-corrected chi connectivity index (χ2v) is 6.25. The number of rotatable bonds is 7. The van der Waals surface area contributed by atoms with Crippen LogP contribution in [0.15, 0.2) is 12.1 Å². The summed E-state index contributed by atoms with van der Waals surface area (Å²) in [5.74, 6) is 0.0945. The summed E-state index contributed by atoms with van der Waals surface area (Å²) in [6.07, 6.45) is -0.864. The molecule has 140 valence electrons. The van der Waals surface area contributed by atoms with E-state index in [1.165, 1.54) is 21.3 Å². The molecule has 1 rings (SSSR count). The van der Waals surface area contributed by atoms with Gasteiger partial charge in [-0.15, -0.1) is 0 Å². The summed E-state index contributed by atoms with van der Waals surface area (Å²) < 4.78 is 20.9. The van der Waals surface area contributed by atoms with Crippen LogP contribution < -0.4 is 19.5 Å². The predicted octanol–water partition coefficient (Wildman–Crippen LogP) is 2.23. The third kappa shape index (κ3) is 6.06. The highest BCUT2D eigenvalue weighted by atomic mass is 16.6. The lowest BCUT2D eigenvalue weighted by molar-refractivity contribution is -0.139. The molecule has 0 aliphatic carbocycles. The van der Waals surface area contributed by atoms with Crippen molar-refractivity contribution in [1.82, 2.24) is 5.32 Å². The number of hydrogen-bond acceptors (Lipinski definition) is 6. The zero-order chi connectivity index (χ0) is 19.2. The quantitative estimate of drug-likeness (QED) is 0.773. The van der Waals surface area contributed by atoms with Gasteiger partial charge in [0.2, 0.25) is 0 Å². The highest BCUT2D eigenvalue weighted by molar-refractivity contribution is 5.80. The van der Waals surface area contributed by atoms with Crippen molar-refractivity contribution < 1.29 is 33.6 Å². The number of aliphatic carboxylic acids is 1. The van der Waals surface area contributed by atoms with Crippen molar-refractivity contribution in [3.05, 3.63) is 17.7 Å². The molecule has 0 saturated carbocycles. The van der Waals surface area contributed by atoms with Crippen LogP contribution in [0.25, 0.3) is 0 Å². The molecule has 8 heteroatoms. The maximum absolute atomic E-state index is 11.9. The molecule has 0 aliphatic rings. The van der Waals surface area contributed by atoms with Crippen molar-refractivity contribution in [3.8, 4) is 17.2 Å². The van der Waals surface area contributed by atoms with Crippen LogP contribution in [-0.2, 0) is 16.0 Å². The van der Waals surface area contributed by atoms with Crippen LogP contribution in [0.3, 0.4) is 0 Å². The average Bonchev–Trinajstić information content (AvgIpc) is 2.51. The van der Waals surface area contributed by atoms with Crippen LogP contribution in [0.5, 0.6) is 17.2 Å². The van der Waals surface area contributed by atoms with Gasteiger partial charge in [-0.2, -0.15) is 0 Å². The van der Waals surface area contributed by atoms with Gasteiger partial charge < -0.3 is 29.4 Å². The van der Waals surface area contributed by atoms with Crippen LogP contribution in [0, 0.1) is 0 Å². The molecular formula is C17H25NO7. The lowest BCUT2D eigenvalue weighted by Gasteiger charge is -2.23. The first-order valence-electron chi connectivity index (χ1n) is 7.62. The number of benzene rings is 1. The highest BCUT2D eigenvalue weighted by Crippen LogP contribution is 2.35. The average molecular weight is 355 g/mol. The number of carbonyl (C=O) groups excluding carboxylic acids is 1. The van der Waals surface area contributed by atoms with Gasteiger partial charge in [0.1, 0.15) is 28.9 Å². The molecule has 0 radical (unpaired) electrons. The Hall–Kier alpha value is -2.64. The van der Waals surface area contributed by atoms with Crippen molar-refractivity contribution >= 4 is 12.1 Å². The van der Waals surface area contributed by atoms with Gasteiger partial charge in [-0.25, -0.2) is 9.59 Å². The summed E-state index contributed by atoms with van der Waals surface area (Å²) in [7, 11) is 4.40. The maximum atomic E-state index is 11.9. The maximum Gasteiger partial charge on any atom is 0.408 e. The molecule has 25 heavy (non-hydrogen) atoms. The van der Waals surface area contributed by atoms with Crippen LogP contribution in [0.2, 0.25) is 0 Å². The van der Waals surface area contributed by atoms with Gasteiger partial charge in [0.15, 0.2) is 0 Å². The van der Waals surface area contributed by atoms with Gasteiger partial charge >= 0.3 is 12.1 Å². The Morgan fingerprint density at radius 2 is 1.60 bits per heavy atom. The van der Waals surface area contributed by atoms with E-state index in [0.717, 1.165) is 0 Å². The lowest BCUT2D eigenvalue weighted by Crippen LogP contribution is -2.44. The molecule has 1 aromatic carbocycles. The molecule has 0 spiro atoms. The third-order valence-corrected chi connectivity index (χ3v) is 3.21. The Labute approximate surface area is 147 Å². The number of carbonyl (C=O) groups is 2. The number of carboxylic acid groups (broad SMARTS) is 1. The topological polar surface area (TPSA) is 103 Å². The Kier molecular flexibility index (Phi) is 6.90. The van der Waals surface area contributed by atoms with Crippen molar-refractivity contribution in [1.29, 1.82) is 0 Å². The smallest absolute Gasteiger partial charge is 0.408 e. The summed E-state index contributed by atoms with van der Waals surface area (Å²) in [4.78, 5) is 23.4. The number of methoxy groups -OCH3 is 3. The normalized spacial score (nSPS) is 12.1. The molecule has 0 saturated heterocycles. The van der Waals surface area contributed by atoms with Gasteiger partial charge in [-0.1, -0.05) is 0 Å². The Balaban J connectivity index is 3.09. The van der Waals surface area contributed by atoms with Crippen molar-refractivity contribution in [3.63, 3.8) is 0 Å². The molecule has 1 atom stereocenters. The molecule has 0 aromatic heterocycles. The van der Waals surface area contributed by atoms with Gasteiger partial charge in [0, 0.05) is 24.1 Å². The summed E-state index contributed by atoms with van der Waals surface area (Å²) in [6.45, 7) is 5.08. The van der Waals surface area contributed by atoms with Gasteiger partial charge in [-0.3, -0.25) is 0 Å². The molecule has 0 aliphatic heterocycles. The van der Waals surface area contributed by atoms with Crippen molar-refractivity contribution in [2.45, 2.75) is 38.8 Å². The number of hydrogen-bond donors (Lipinski definition) is 2. The van der Waals surface area contributed by atoms with Crippen molar-refractivity contribution in [2.75, 3.05) is 21.3 Å². The SMILES string of the molecule is COc1cc(OC)c(CC(NC(=O)OC(C)(C)C)C(=O)O)c(OC)c1. The fourth-order valence-corrected chi connectivity index (χ4v) is 2.13. The minimum atomic E-state index is -1.22. The molecule has 1 unspecified atom stereocenters. The number of ether oxygens (including phenoxy) is 4. The Morgan fingerprint density at radius 1 is 1.08 bits per heavy atom. The standard InChI is InChI=1S/C17H25NO7/c1-17(2,3)25-16(21)18-12(15(19)20)9-11-13(23-5)7-10(22-4)8-14(11)24-6/h7-8,12H,9H2,1-6H3,(H,18,21)(H,19,20). The summed E-state index contributed by atoms with van der Waals surface area (Å²) in [5.41, 5.74) is -0.239. The number of carboxylic acids is 1. The lowest BCUT2D eigenvalue weighted by atomic mass is 10.0. The summed E-state index contributed by atoms with van der Waals surface area (Å²) in [6, 6.07) is 2.01. The first-order valence-corrected chi connectivity index (χ1v) is 7.62. The summed E-state index contributed by atoms with van der Waals surface area (Å²) >= 11 is 0. The fourth-order valence-electron chi connectivity index (χ4n) is 2.13. The van der Waals surface area contributed by atoms with E-state index >= 15 is 0 Å². The first kappa shape index (κ1) is 20.4. The van der Waals surface area contributed by atoms with Crippen LogP contribution in [-0.4, -0.2) is 50.1 Å². The van der Waals surface area contributed by atoms with Gasteiger partial charge in [-0.05, 0) is 20.8 Å². The van der Waals surface area contributed by atoms with E-state index in [9.17, 15) is 14.7 Å². The van der Waals surface area contributed by atoms with Gasteiger partial charge in [0.25, 0.3) is 0 Å². The molecule has 1 amide bonds. The minimum absolute atomic E-state index is 0.0507. The molecule has 2 N–H and O–H groups in total. The second kappa shape index (κ2) is 8.46. The second-order valence-electron chi connectivity index (χ2n) is 6.25. The molecular weight excluding hydrogens is 330 g/mol. The van der Waals surface area contributed by atoms with E-state index in [0.29, 0.717) is 22.8 Å². The molecule has 1 aromatic rings. The molecule has 0 fully saturated rings. The summed E-state index contributed by atoms with van der Waals surface area (Å²) in [5, 5.41) is 11.8. The monoisotopic (exact) mass is 355 g/mol. The van der Waals surface area contributed by atoms with E-state index in [2.05, 4.69) is 5.32 Å². The fraction of sp³-hybridized carbons (Fsp3) is 0.529. The Morgan fingerprint density at radius 3 is 1.96 bits per heavy atom. The Bertz CT molecular complexity index is 597. The number of nitrogens with one attached hydrogen (secondary N) is 1. The van der Waals surface area contributed by atoms with Crippen LogP contribution >= 0.6 is 0 Å². The van der Waals surface area contributed by atoms with E-state index in [1.54, 1.807) is 32.9 Å². The van der Waals surface area contributed by atoms with E-state index in [4.69, 9.17) is 18.9 Å². The number of alkyl carbamates (subject to hydrolysis) is 1. The third-order valence-electron chi connectivity index (χ3n) is 3.21. The predicted molar refractivity (Wildman–Crippen MR) is 90.6 cm³/mol. The zero-order valence-corrected chi connectivity index (χ0v) is 15.3. The first-order chi connectivity index (χ1) is 11.6. The van der Waals surface area contributed by atoms with Crippen LogP contribution in [0.4, 0.5) is 4.79 Å². The van der Waals surface area contributed by atoms with Crippen LogP contribution in [0.1, 0.15) is 26.3 Å². The van der Waals surface area contributed by atoms with E-state index in [1.807, 2.05) is 0 Å². The minimum Gasteiger partial charge on any atom is -0.496 e. The molecule has 8 nitrogen and oxygen atoms in total. The van der Waals surface area contributed by atoms with Gasteiger partial charge in [0.05, 0.1) is 21.3 Å². The van der Waals surface area contributed by atoms with E-state index in [-0.39, 0.29) is 6.42 Å². The van der Waals surface area contributed by atoms with Crippen molar-refractivity contribution in [2.24, 2.45) is 0 Å². The zero-order valence-electron chi connectivity index (χ0n) is 15.3. The molecule has 0 heterocycles.